The summed E-state index contributed by atoms with van der Waals surface area (Å²) in [4.78, 5) is 0. The molecule has 0 aromatic heterocycles. The van der Waals surface area contributed by atoms with Gasteiger partial charge >= 0.3 is 0 Å². The van der Waals surface area contributed by atoms with Crippen LogP contribution in [0.25, 0.3) is 0 Å². The molecule has 0 saturated heterocycles. The molecular weight excluding hydrogens is 273 g/mol. The molecule has 4 unspecified atom stereocenters. The van der Waals surface area contributed by atoms with Crippen molar-refractivity contribution in [3.63, 3.8) is 0 Å². The predicted octanol–water partition coefficient (Wildman–Crippen LogP) is 4.44. The first-order valence-electron chi connectivity index (χ1n) is 7.84. The summed E-state index contributed by atoms with van der Waals surface area (Å²) in [6.45, 7) is 3.16. The van der Waals surface area contributed by atoms with Crippen LogP contribution in [0.3, 0.4) is 0 Å². The van der Waals surface area contributed by atoms with Crippen LogP contribution in [0.15, 0.2) is 18.2 Å². The van der Waals surface area contributed by atoms with E-state index in [9.17, 15) is 4.39 Å². The summed E-state index contributed by atoms with van der Waals surface area (Å²) in [5.41, 5.74) is 1.14. The van der Waals surface area contributed by atoms with Crippen LogP contribution in [0.4, 0.5) is 4.39 Å². The van der Waals surface area contributed by atoms with Gasteiger partial charge in [0.05, 0.1) is 5.02 Å². The zero-order valence-electron chi connectivity index (χ0n) is 12.0. The minimum absolute atomic E-state index is 0.241. The van der Waals surface area contributed by atoms with Crippen molar-refractivity contribution in [1.82, 2.24) is 5.32 Å². The van der Waals surface area contributed by atoms with Gasteiger partial charge in [-0.25, -0.2) is 4.39 Å². The topological polar surface area (TPSA) is 12.0 Å². The number of hydrogen-bond donors (Lipinski definition) is 1. The van der Waals surface area contributed by atoms with E-state index in [1.54, 1.807) is 6.07 Å². The Morgan fingerprint density at radius 1 is 1.35 bits per heavy atom. The van der Waals surface area contributed by atoms with E-state index >= 15 is 0 Å². The Hall–Kier alpha value is -0.600. The van der Waals surface area contributed by atoms with E-state index in [2.05, 4.69) is 12.2 Å². The molecule has 3 heteroatoms. The molecule has 0 spiro atoms. The van der Waals surface area contributed by atoms with Crippen LogP contribution >= 0.6 is 11.6 Å². The van der Waals surface area contributed by atoms with Gasteiger partial charge in [0.25, 0.3) is 0 Å². The van der Waals surface area contributed by atoms with E-state index in [1.807, 2.05) is 6.07 Å². The molecule has 0 radical (unpaired) electrons. The Kier molecular flexibility index (Phi) is 4.32. The number of likely N-dealkylation sites (N-methyl/N-ethyl adjacent to an activating group) is 1. The van der Waals surface area contributed by atoms with Gasteiger partial charge in [-0.05, 0) is 67.7 Å². The van der Waals surface area contributed by atoms with E-state index in [0.717, 1.165) is 36.3 Å². The maximum Gasteiger partial charge on any atom is 0.141 e. The molecule has 0 heterocycles. The maximum atomic E-state index is 13.3. The van der Waals surface area contributed by atoms with Crippen molar-refractivity contribution in [2.45, 2.75) is 45.1 Å². The molecule has 0 aliphatic heterocycles. The largest absolute Gasteiger partial charge is 0.314 e. The zero-order chi connectivity index (χ0) is 14.1. The quantitative estimate of drug-likeness (QED) is 0.847. The van der Waals surface area contributed by atoms with Crippen molar-refractivity contribution < 1.29 is 4.39 Å². The summed E-state index contributed by atoms with van der Waals surface area (Å²) in [5.74, 6) is 2.33. The van der Waals surface area contributed by atoms with Gasteiger partial charge in [-0.2, -0.15) is 0 Å². The normalized spacial score (nSPS) is 29.9. The van der Waals surface area contributed by atoms with Crippen LogP contribution in [0.5, 0.6) is 0 Å². The van der Waals surface area contributed by atoms with Crippen LogP contribution < -0.4 is 5.32 Å². The highest BCUT2D eigenvalue weighted by Gasteiger charge is 2.42. The van der Waals surface area contributed by atoms with Gasteiger partial charge in [-0.15, -0.1) is 0 Å². The summed E-state index contributed by atoms with van der Waals surface area (Å²) < 4.78 is 13.3. The molecule has 2 saturated carbocycles. The molecule has 110 valence electrons. The van der Waals surface area contributed by atoms with Crippen LogP contribution in [0.1, 0.15) is 38.2 Å². The van der Waals surface area contributed by atoms with Crippen LogP contribution in [0, 0.1) is 23.6 Å². The van der Waals surface area contributed by atoms with Gasteiger partial charge in [0.1, 0.15) is 5.82 Å². The average Bonchev–Trinajstić information content (AvgIpc) is 3.05. The van der Waals surface area contributed by atoms with E-state index < -0.39 is 0 Å². The fourth-order valence-electron chi connectivity index (χ4n) is 4.34. The first-order chi connectivity index (χ1) is 9.67. The highest BCUT2D eigenvalue weighted by Crippen LogP contribution is 2.49. The molecule has 1 aromatic rings. The second-order valence-electron chi connectivity index (χ2n) is 6.46. The van der Waals surface area contributed by atoms with Gasteiger partial charge in [0.2, 0.25) is 0 Å². The molecular formula is C17H23ClFN. The predicted molar refractivity (Wildman–Crippen MR) is 81.5 cm³/mol. The number of halogens is 2. The van der Waals surface area contributed by atoms with E-state index in [-0.39, 0.29) is 10.8 Å². The smallest absolute Gasteiger partial charge is 0.141 e. The Balaban J connectivity index is 1.72. The third-order valence-corrected chi connectivity index (χ3v) is 5.51. The third kappa shape index (κ3) is 2.87. The Morgan fingerprint density at radius 3 is 2.80 bits per heavy atom. The average molecular weight is 296 g/mol. The van der Waals surface area contributed by atoms with E-state index in [0.29, 0.717) is 6.04 Å². The maximum absolute atomic E-state index is 13.3. The van der Waals surface area contributed by atoms with Gasteiger partial charge < -0.3 is 5.32 Å². The monoisotopic (exact) mass is 295 g/mol. The molecule has 2 bridgehead atoms. The number of hydrogen-bond acceptors (Lipinski definition) is 1. The minimum atomic E-state index is -0.324. The Bertz CT molecular complexity index is 476. The molecule has 2 aliphatic rings. The van der Waals surface area contributed by atoms with Crippen molar-refractivity contribution in [3.05, 3.63) is 34.6 Å². The molecule has 1 N–H and O–H groups in total. The minimum Gasteiger partial charge on any atom is -0.314 e. The second kappa shape index (κ2) is 6.03. The number of fused-ring (bicyclic) bond motifs is 2. The lowest BCUT2D eigenvalue weighted by atomic mass is 9.81. The highest BCUT2D eigenvalue weighted by atomic mass is 35.5. The number of rotatable bonds is 5. The first-order valence-corrected chi connectivity index (χ1v) is 8.22. The highest BCUT2D eigenvalue weighted by molar-refractivity contribution is 6.30. The lowest BCUT2D eigenvalue weighted by Gasteiger charge is -2.31. The third-order valence-electron chi connectivity index (χ3n) is 5.22. The van der Waals surface area contributed by atoms with Crippen LogP contribution in [0.2, 0.25) is 5.02 Å². The fraction of sp³-hybridized carbons (Fsp3) is 0.647. The number of benzene rings is 1. The Morgan fingerprint density at radius 2 is 2.20 bits per heavy atom. The van der Waals surface area contributed by atoms with Crippen molar-refractivity contribution in [3.8, 4) is 0 Å². The van der Waals surface area contributed by atoms with Gasteiger partial charge in [-0.3, -0.25) is 0 Å². The van der Waals surface area contributed by atoms with E-state index in [1.165, 1.54) is 31.7 Å². The summed E-state index contributed by atoms with van der Waals surface area (Å²) in [6.07, 6.45) is 6.60. The fourth-order valence-corrected chi connectivity index (χ4v) is 4.55. The lowest BCUT2D eigenvalue weighted by Crippen LogP contribution is -2.40. The van der Waals surface area contributed by atoms with E-state index in [4.69, 9.17) is 11.6 Å². The van der Waals surface area contributed by atoms with Crippen molar-refractivity contribution in [2.75, 3.05) is 6.54 Å². The molecule has 3 rings (SSSR count). The SMILES string of the molecule is CCNC(Cc1ccc(F)c(Cl)c1)C1CC2CCC1C2. The first kappa shape index (κ1) is 14.3. The van der Waals surface area contributed by atoms with Crippen molar-refractivity contribution >= 4 is 11.6 Å². The summed E-state index contributed by atoms with van der Waals surface area (Å²) >= 11 is 5.90. The summed E-state index contributed by atoms with van der Waals surface area (Å²) in [5, 5.41) is 3.90. The molecule has 1 aromatic carbocycles. The lowest BCUT2D eigenvalue weighted by molar-refractivity contribution is 0.249. The molecule has 2 aliphatic carbocycles. The Labute approximate surface area is 125 Å². The van der Waals surface area contributed by atoms with Crippen LogP contribution in [-0.4, -0.2) is 12.6 Å². The molecule has 4 atom stereocenters. The van der Waals surface area contributed by atoms with Gasteiger partial charge in [-0.1, -0.05) is 31.0 Å². The van der Waals surface area contributed by atoms with Crippen LogP contribution in [-0.2, 0) is 6.42 Å². The number of nitrogens with one attached hydrogen (secondary N) is 1. The second-order valence-corrected chi connectivity index (χ2v) is 6.86. The van der Waals surface area contributed by atoms with Gasteiger partial charge in [0.15, 0.2) is 0 Å². The summed E-state index contributed by atoms with van der Waals surface area (Å²) in [7, 11) is 0. The summed E-state index contributed by atoms with van der Waals surface area (Å²) in [6, 6.07) is 5.66. The standard InChI is InChI=1S/C17H23ClFN/c1-2-20-17(14-8-11-3-5-13(14)7-11)10-12-4-6-16(19)15(18)9-12/h4,6,9,11,13-14,17,20H,2-3,5,7-8,10H2,1H3. The molecule has 1 nitrogen and oxygen atoms in total. The van der Waals surface area contributed by atoms with Crippen molar-refractivity contribution in [2.24, 2.45) is 17.8 Å². The molecule has 20 heavy (non-hydrogen) atoms. The molecule has 0 amide bonds. The van der Waals surface area contributed by atoms with Gasteiger partial charge in [0, 0.05) is 6.04 Å². The zero-order valence-corrected chi connectivity index (χ0v) is 12.8. The van der Waals surface area contributed by atoms with Crippen molar-refractivity contribution in [1.29, 1.82) is 0 Å². The molecule has 2 fully saturated rings.